The molecule has 0 aliphatic rings. The molecule has 0 saturated heterocycles. The lowest BCUT2D eigenvalue weighted by Gasteiger charge is -2.14. The Kier molecular flexibility index (Phi) is 5.76. The molecule has 2 N–H and O–H groups in total. The molecule has 0 heterocycles. The molecule has 2 aromatic rings. The first-order chi connectivity index (χ1) is 10.2. The summed E-state index contributed by atoms with van der Waals surface area (Å²) in [5.41, 5.74) is 1.06. The van der Waals surface area contributed by atoms with Crippen LogP contribution in [-0.4, -0.2) is 24.2 Å². The minimum Gasteiger partial charge on any atom is -0.396 e. The van der Waals surface area contributed by atoms with Crippen LogP contribution in [0.2, 0.25) is 0 Å². The van der Waals surface area contributed by atoms with E-state index < -0.39 is 0 Å². The summed E-state index contributed by atoms with van der Waals surface area (Å²) >= 11 is 0. The third-order valence-corrected chi connectivity index (χ3v) is 3.93. The lowest BCUT2D eigenvalue weighted by atomic mass is 10.0. The molecule has 0 aromatic heterocycles. The highest BCUT2D eigenvalue weighted by atomic mass is 16.3. The molecule has 2 rings (SSSR count). The predicted octanol–water partition coefficient (Wildman–Crippen LogP) is 2.91. The first kappa shape index (κ1) is 15.5. The van der Waals surface area contributed by atoms with Gasteiger partial charge in [-0.25, -0.2) is 0 Å². The summed E-state index contributed by atoms with van der Waals surface area (Å²) in [4.78, 5) is 12.1. The standard InChI is InChI=1S/C18H23NO2/c1-2-14(10-11-20)13-19-18(21)12-16-8-5-7-15-6-3-4-9-17(15)16/h3-9,14,20H,2,10-13H2,1H3,(H,19,21). The van der Waals surface area contributed by atoms with Crippen molar-refractivity contribution < 1.29 is 9.90 Å². The van der Waals surface area contributed by atoms with E-state index in [0.29, 0.717) is 18.9 Å². The van der Waals surface area contributed by atoms with Crippen molar-refractivity contribution in [1.29, 1.82) is 0 Å². The number of carbonyl (C=O) groups is 1. The van der Waals surface area contributed by atoms with Gasteiger partial charge in [-0.15, -0.1) is 0 Å². The molecular formula is C18H23NO2. The minimum absolute atomic E-state index is 0.0442. The summed E-state index contributed by atoms with van der Waals surface area (Å²) in [6.45, 7) is 2.90. The molecular weight excluding hydrogens is 262 g/mol. The molecule has 0 fully saturated rings. The van der Waals surface area contributed by atoms with Gasteiger partial charge in [0.2, 0.25) is 5.91 Å². The van der Waals surface area contributed by atoms with Crippen LogP contribution in [0.5, 0.6) is 0 Å². The van der Waals surface area contributed by atoms with Crippen LogP contribution in [0.3, 0.4) is 0 Å². The van der Waals surface area contributed by atoms with E-state index >= 15 is 0 Å². The van der Waals surface area contributed by atoms with E-state index in [1.807, 2.05) is 24.3 Å². The molecule has 1 atom stereocenters. The van der Waals surface area contributed by atoms with Crippen LogP contribution in [0.25, 0.3) is 10.8 Å². The Morgan fingerprint density at radius 1 is 1.19 bits per heavy atom. The number of hydrogen-bond acceptors (Lipinski definition) is 2. The Bertz CT molecular complexity index is 589. The Morgan fingerprint density at radius 3 is 2.71 bits per heavy atom. The second kappa shape index (κ2) is 7.79. The van der Waals surface area contributed by atoms with Crippen molar-refractivity contribution in [1.82, 2.24) is 5.32 Å². The first-order valence-electron chi connectivity index (χ1n) is 7.58. The molecule has 0 spiro atoms. The quantitative estimate of drug-likeness (QED) is 0.822. The maximum absolute atomic E-state index is 12.1. The summed E-state index contributed by atoms with van der Waals surface area (Å²) in [5, 5.41) is 14.3. The number of benzene rings is 2. The zero-order valence-corrected chi connectivity index (χ0v) is 12.5. The number of aliphatic hydroxyl groups excluding tert-OH is 1. The second-order valence-electron chi connectivity index (χ2n) is 5.41. The zero-order chi connectivity index (χ0) is 15.1. The first-order valence-corrected chi connectivity index (χ1v) is 7.58. The van der Waals surface area contributed by atoms with E-state index in [-0.39, 0.29) is 12.5 Å². The van der Waals surface area contributed by atoms with Crippen molar-refractivity contribution in [3.05, 3.63) is 48.0 Å². The lowest BCUT2D eigenvalue weighted by molar-refractivity contribution is -0.120. The normalized spacial score (nSPS) is 12.3. The monoisotopic (exact) mass is 285 g/mol. The Balaban J connectivity index is 1.98. The largest absolute Gasteiger partial charge is 0.396 e. The average Bonchev–Trinajstić information content (AvgIpc) is 2.52. The van der Waals surface area contributed by atoms with E-state index in [1.165, 1.54) is 0 Å². The maximum atomic E-state index is 12.1. The van der Waals surface area contributed by atoms with E-state index in [4.69, 9.17) is 5.11 Å². The van der Waals surface area contributed by atoms with Crippen molar-refractivity contribution in [2.75, 3.05) is 13.2 Å². The zero-order valence-electron chi connectivity index (χ0n) is 12.5. The fraction of sp³-hybridized carbons (Fsp3) is 0.389. The van der Waals surface area contributed by atoms with Gasteiger partial charge < -0.3 is 10.4 Å². The molecule has 2 aromatic carbocycles. The van der Waals surface area contributed by atoms with E-state index in [1.54, 1.807) is 0 Å². The second-order valence-corrected chi connectivity index (χ2v) is 5.41. The number of rotatable bonds is 7. The van der Waals surface area contributed by atoms with Gasteiger partial charge in [0, 0.05) is 13.2 Å². The summed E-state index contributed by atoms with van der Waals surface area (Å²) in [6, 6.07) is 14.2. The number of amides is 1. The van der Waals surface area contributed by atoms with Gasteiger partial charge in [0.15, 0.2) is 0 Å². The highest BCUT2D eigenvalue weighted by Gasteiger charge is 2.10. The maximum Gasteiger partial charge on any atom is 0.224 e. The molecule has 21 heavy (non-hydrogen) atoms. The number of carbonyl (C=O) groups excluding carboxylic acids is 1. The van der Waals surface area contributed by atoms with Crippen molar-refractivity contribution in [3.8, 4) is 0 Å². The van der Waals surface area contributed by atoms with Crippen LogP contribution in [0.1, 0.15) is 25.3 Å². The highest BCUT2D eigenvalue weighted by Crippen LogP contribution is 2.18. The van der Waals surface area contributed by atoms with Gasteiger partial charge in [0.05, 0.1) is 6.42 Å². The topological polar surface area (TPSA) is 49.3 Å². The van der Waals surface area contributed by atoms with Gasteiger partial charge in [-0.1, -0.05) is 55.8 Å². The van der Waals surface area contributed by atoms with Crippen molar-refractivity contribution in [3.63, 3.8) is 0 Å². The van der Waals surface area contributed by atoms with Gasteiger partial charge >= 0.3 is 0 Å². The van der Waals surface area contributed by atoms with Gasteiger partial charge in [-0.05, 0) is 28.7 Å². The molecule has 0 bridgehead atoms. The number of hydrogen-bond donors (Lipinski definition) is 2. The van der Waals surface area contributed by atoms with Crippen LogP contribution in [0, 0.1) is 5.92 Å². The van der Waals surface area contributed by atoms with E-state index in [2.05, 4.69) is 30.4 Å². The Hall–Kier alpha value is -1.87. The van der Waals surface area contributed by atoms with Gasteiger partial charge in [0.1, 0.15) is 0 Å². The van der Waals surface area contributed by atoms with Crippen LogP contribution in [-0.2, 0) is 11.2 Å². The van der Waals surface area contributed by atoms with Gasteiger partial charge in [-0.2, -0.15) is 0 Å². The van der Waals surface area contributed by atoms with Crippen LogP contribution < -0.4 is 5.32 Å². The molecule has 1 amide bonds. The van der Waals surface area contributed by atoms with Crippen molar-refractivity contribution in [2.24, 2.45) is 5.92 Å². The Morgan fingerprint density at radius 2 is 1.95 bits per heavy atom. The van der Waals surface area contributed by atoms with Crippen molar-refractivity contribution >= 4 is 16.7 Å². The fourth-order valence-corrected chi connectivity index (χ4v) is 2.57. The number of fused-ring (bicyclic) bond motifs is 1. The smallest absolute Gasteiger partial charge is 0.224 e. The van der Waals surface area contributed by atoms with Crippen LogP contribution in [0.15, 0.2) is 42.5 Å². The third kappa shape index (κ3) is 4.30. The van der Waals surface area contributed by atoms with E-state index in [9.17, 15) is 4.79 Å². The number of nitrogens with one attached hydrogen (secondary N) is 1. The predicted molar refractivity (Wildman–Crippen MR) is 86.1 cm³/mol. The summed E-state index contributed by atoms with van der Waals surface area (Å²) < 4.78 is 0. The molecule has 3 nitrogen and oxygen atoms in total. The van der Waals surface area contributed by atoms with Crippen molar-refractivity contribution in [2.45, 2.75) is 26.2 Å². The molecule has 112 valence electrons. The SMILES string of the molecule is CCC(CCO)CNC(=O)Cc1cccc2ccccc12. The summed E-state index contributed by atoms with van der Waals surface area (Å²) in [7, 11) is 0. The summed E-state index contributed by atoms with van der Waals surface area (Å²) in [6.07, 6.45) is 2.11. The molecule has 0 aliphatic heterocycles. The van der Waals surface area contributed by atoms with E-state index in [0.717, 1.165) is 29.2 Å². The molecule has 0 radical (unpaired) electrons. The molecule has 0 saturated carbocycles. The molecule has 0 aliphatic carbocycles. The van der Waals surface area contributed by atoms with Crippen LogP contribution in [0.4, 0.5) is 0 Å². The highest BCUT2D eigenvalue weighted by molar-refractivity contribution is 5.90. The van der Waals surface area contributed by atoms with Gasteiger partial charge in [0.25, 0.3) is 0 Å². The van der Waals surface area contributed by atoms with Crippen LogP contribution >= 0.6 is 0 Å². The lowest BCUT2D eigenvalue weighted by Crippen LogP contribution is -2.30. The summed E-state index contributed by atoms with van der Waals surface area (Å²) in [5.74, 6) is 0.397. The molecule has 1 unspecified atom stereocenters. The minimum atomic E-state index is 0.0442. The fourth-order valence-electron chi connectivity index (χ4n) is 2.57. The average molecular weight is 285 g/mol. The van der Waals surface area contributed by atoms with Gasteiger partial charge in [-0.3, -0.25) is 4.79 Å². The third-order valence-electron chi connectivity index (χ3n) is 3.93. The number of aliphatic hydroxyl groups is 1. The molecule has 3 heteroatoms. The Labute approximate surface area is 126 Å².